The first-order valence-corrected chi connectivity index (χ1v) is 7.67. The molecule has 0 radical (unpaired) electrons. The fraction of sp³-hybridized carbons (Fsp3) is 0.412. The molecule has 3 unspecified atom stereocenters. The number of carbonyl (C=O) groups excluding carboxylic acids is 1. The fourth-order valence-corrected chi connectivity index (χ4v) is 4.06. The number of rotatable bonds is 2. The second-order valence-electron chi connectivity index (χ2n) is 6.24. The molecule has 0 spiro atoms. The van der Waals surface area contributed by atoms with Crippen LogP contribution in [0, 0.1) is 11.8 Å². The third kappa shape index (κ3) is 1.92. The molecule has 1 saturated heterocycles. The molecule has 22 heavy (non-hydrogen) atoms. The van der Waals surface area contributed by atoms with E-state index < -0.39 is 12.0 Å². The van der Waals surface area contributed by atoms with E-state index in [1.54, 1.807) is 12.1 Å². The van der Waals surface area contributed by atoms with Crippen molar-refractivity contribution in [1.29, 1.82) is 0 Å². The van der Waals surface area contributed by atoms with Gasteiger partial charge in [-0.3, -0.25) is 4.79 Å². The van der Waals surface area contributed by atoms with Gasteiger partial charge in [0.15, 0.2) is 5.76 Å². The zero-order valence-corrected chi connectivity index (χ0v) is 12.1. The minimum absolute atomic E-state index is 0.0887. The molecule has 0 bridgehead atoms. The second-order valence-corrected chi connectivity index (χ2v) is 6.24. The maximum Gasteiger partial charge on any atom is 0.326 e. The van der Waals surface area contributed by atoms with Gasteiger partial charge in [-0.05, 0) is 36.8 Å². The number of amides is 1. The molecule has 3 atom stereocenters. The van der Waals surface area contributed by atoms with E-state index in [0.29, 0.717) is 18.0 Å². The highest BCUT2D eigenvalue weighted by atomic mass is 16.4. The summed E-state index contributed by atoms with van der Waals surface area (Å²) in [4.78, 5) is 25.9. The van der Waals surface area contributed by atoms with E-state index in [4.69, 9.17) is 4.42 Å². The molecule has 2 fully saturated rings. The van der Waals surface area contributed by atoms with Crippen LogP contribution in [0.1, 0.15) is 29.8 Å². The molecule has 4 rings (SSSR count). The largest absolute Gasteiger partial charge is 0.480 e. The maximum absolute atomic E-state index is 12.7. The number of para-hydroxylation sites is 1. The van der Waals surface area contributed by atoms with Crippen LogP contribution in [0.3, 0.4) is 0 Å². The molecule has 1 aliphatic heterocycles. The van der Waals surface area contributed by atoms with Crippen LogP contribution in [0.2, 0.25) is 0 Å². The summed E-state index contributed by atoms with van der Waals surface area (Å²) in [6, 6.07) is 8.40. The molecule has 1 aromatic heterocycles. The number of hydrogen-bond acceptors (Lipinski definition) is 3. The molecule has 2 heterocycles. The number of carboxylic acids is 1. The number of carbonyl (C=O) groups is 2. The van der Waals surface area contributed by atoms with Gasteiger partial charge in [-0.2, -0.15) is 0 Å². The Morgan fingerprint density at radius 1 is 1.23 bits per heavy atom. The first-order chi connectivity index (χ1) is 10.6. The van der Waals surface area contributed by atoms with Gasteiger partial charge < -0.3 is 14.4 Å². The van der Waals surface area contributed by atoms with Crippen LogP contribution in [-0.2, 0) is 4.79 Å². The lowest BCUT2D eigenvalue weighted by Gasteiger charge is -2.23. The van der Waals surface area contributed by atoms with Gasteiger partial charge in [-0.15, -0.1) is 0 Å². The maximum atomic E-state index is 12.7. The highest BCUT2D eigenvalue weighted by molar-refractivity contribution is 5.98. The van der Waals surface area contributed by atoms with Crippen molar-refractivity contribution in [2.24, 2.45) is 11.8 Å². The second kappa shape index (κ2) is 4.87. The zero-order chi connectivity index (χ0) is 15.3. The van der Waals surface area contributed by atoms with E-state index >= 15 is 0 Å². The van der Waals surface area contributed by atoms with Crippen LogP contribution < -0.4 is 0 Å². The normalized spacial score (nSPS) is 27.3. The minimum atomic E-state index is -0.904. The molecule has 1 N–H and O–H groups in total. The summed E-state index contributed by atoms with van der Waals surface area (Å²) in [7, 11) is 0. The molecule has 1 aliphatic carbocycles. The van der Waals surface area contributed by atoms with Crippen molar-refractivity contribution < 1.29 is 19.1 Å². The summed E-state index contributed by atoms with van der Waals surface area (Å²) in [5.74, 6) is -0.579. The van der Waals surface area contributed by atoms with E-state index in [-0.39, 0.29) is 17.6 Å². The van der Waals surface area contributed by atoms with Gasteiger partial charge in [0, 0.05) is 11.9 Å². The molecule has 5 nitrogen and oxygen atoms in total. The number of benzene rings is 1. The average Bonchev–Trinajstić information content (AvgIpc) is 3.18. The van der Waals surface area contributed by atoms with Crippen LogP contribution in [0.15, 0.2) is 34.7 Å². The number of nitrogens with zero attached hydrogens (tertiary/aromatic N) is 1. The molecule has 5 heteroatoms. The van der Waals surface area contributed by atoms with Crippen LogP contribution in [0.25, 0.3) is 11.0 Å². The standard InChI is InChI=1S/C17H17NO4/c19-16(14-8-10-4-1-2-7-13(10)22-14)18-9-11-5-3-6-12(11)15(18)17(20)21/h1-2,4,7-8,11-12,15H,3,5-6,9H2,(H,20,21). The quantitative estimate of drug-likeness (QED) is 0.925. The van der Waals surface area contributed by atoms with Crippen LogP contribution in [-0.4, -0.2) is 34.5 Å². The van der Waals surface area contributed by atoms with Crippen LogP contribution in [0.4, 0.5) is 0 Å². The Morgan fingerprint density at radius 2 is 2.05 bits per heavy atom. The topological polar surface area (TPSA) is 70.8 Å². The Labute approximate surface area is 127 Å². The summed E-state index contributed by atoms with van der Waals surface area (Å²) in [6.45, 7) is 0.525. The zero-order valence-electron chi connectivity index (χ0n) is 12.1. The Bertz CT molecular complexity index is 717. The fourth-order valence-electron chi connectivity index (χ4n) is 4.06. The molecule has 114 valence electrons. The number of likely N-dealkylation sites (tertiary alicyclic amines) is 1. The Hall–Kier alpha value is -2.30. The lowest BCUT2D eigenvalue weighted by molar-refractivity contribution is -0.142. The van der Waals surface area contributed by atoms with Crippen LogP contribution in [0.5, 0.6) is 0 Å². The number of fused-ring (bicyclic) bond motifs is 2. The first-order valence-electron chi connectivity index (χ1n) is 7.67. The van der Waals surface area contributed by atoms with Crippen molar-refractivity contribution in [3.05, 3.63) is 36.1 Å². The van der Waals surface area contributed by atoms with Crippen molar-refractivity contribution in [3.8, 4) is 0 Å². The molecular formula is C17H17NO4. The van der Waals surface area contributed by atoms with E-state index in [2.05, 4.69) is 0 Å². The number of hydrogen-bond donors (Lipinski definition) is 1. The highest BCUT2D eigenvalue weighted by Gasteiger charge is 2.50. The monoisotopic (exact) mass is 299 g/mol. The molecule has 2 aliphatic rings. The molecule has 1 amide bonds. The Balaban J connectivity index is 1.68. The molecule has 1 aromatic carbocycles. The van der Waals surface area contributed by atoms with Gasteiger partial charge in [0.1, 0.15) is 11.6 Å². The van der Waals surface area contributed by atoms with Crippen molar-refractivity contribution in [1.82, 2.24) is 4.90 Å². The van der Waals surface area contributed by atoms with E-state index in [9.17, 15) is 14.7 Å². The van der Waals surface area contributed by atoms with Gasteiger partial charge in [-0.25, -0.2) is 4.79 Å². The number of carboxylic acid groups (broad SMARTS) is 1. The molecular weight excluding hydrogens is 282 g/mol. The van der Waals surface area contributed by atoms with Crippen LogP contribution >= 0.6 is 0 Å². The summed E-state index contributed by atoms with van der Waals surface area (Å²) < 4.78 is 5.61. The van der Waals surface area contributed by atoms with Gasteiger partial charge in [0.2, 0.25) is 0 Å². The third-order valence-electron chi connectivity index (χ3n) is 5.04. The highest BCUT2D eigenvalue weighted by Crippen LogP contribution is 2.42. The smallest absolute Gasteiger partial charge is 0.326 e. The number of furan rings is 1. The van der Waals surface area contributed by atoms with Gasteiger partial charge in [0.25, 0.3) is 5.91 Å². The Kier molecular flexibility index (Phi) is 2.96. The van der Waals surface area contributed by atoms with Crippen molar-refractivity contribution in [3.63, 3.8) is 0 Å². The van der Waals surface area contributed by atoms with Crippen molar-refractivity contribution in [2.75, 3.05) is 6.54 Å². The number of aliphatic carboxylic acids is 1. The predicted octanol–water partition coefficient (Wildman–Crippen LogP) is 2.76. The predicted molar refractivity (Wildman–Crippen MR) is 79.5 cm³/mol. The molecule has 1 saturated carbocycles. The summed E-state index contributed by atoms with van der Waals surface area (Å²) in [5.41, 5.74) is 0.650. The SMILES string of the molecule is O=C(O)C1C2CCCC2CN1C(=O)c1cc2ccccc2o1. The minimum Gasteiger partial charge on any atom is -0.480 e. The van der Waals surface area contributed by atoms with Crippen molar-refractivity contribution in [2.45, 2.75) is 25.3 Å². The van der Waals surface area contributed by atoms with E-state index in [0.717, 1.165) is 24.6 Å². The van der Waals surface area contributed by atoms with E-state index in [1.165, 1.54) is 4.90 Å². The first kappa shape index (κ1) is 13.4. The Morgan fingerprint density at radius 3 is 2.82 bits per heavy atom. The third-order valence-corrected chi connectivity index (χ3v) is 5.04. The van der Waals surface area contributed by atoms with Crippen molar-refractivity contribution >= 4 is 22.8 Å². The van der Waals surface area contributed by atoms with Gasteiger partial charge in [0.05, 0.1) is 0 Å². The van der Waals surface area contributed by atoms with Gasteiger partial charge >= 0.3 is 5.97 Å². The summed E-state index contributed by atoms with van der Waals surface area (Å²) in [6.07, 6.45) is 2.97. The lowest BCUT2D eigenvalue weighted by Crippen LogP contribution is -2.43. The summed E-state index contributed by atoms with van der Waals surface area (Å²) in [5, 5.41) is 10.4. The summed E-state index contributed by atoms with van der Waals surface area (Å²) >= 11 is 0. The van der Waals surface area contributed by atoms with Gasteiger partial charge in [-0.1, -0.05) is 24.6 Å². The lowest BCUT2D eigenvalue weighted by atomic mass is 9.94. The molecule has 2 aromatic rings. The van der Waals surface area contributed by atoms with E-state index in [1.807, 2.05) is 18.2 Å². The average molecular weight is 299 g/mol.